The molecule has 0 aromatic rings. The molecule has 11 nitrogen and oxygen atoms in total. The molecule has 316 valence electrons. The Kier molecular flexibility index (Phi) is 18.2. The van der Waals surface area contributed by atoms with Gasteiger partial charge in [0.25, 0.3) is 0 Å². The van der Waals surface area contributed by atoms with Gasteiger partial charge in [-0.3, -0.25) is 19.2 Å². The lowest BCUT2D eigenvalue weighted by Crippen LogP contribution is -2.63. The molecule has 6 unspecified atom stereocenters. The average Bonchev–Trinajstić information content (AvgIpc) is 3.52. The van der Waals surface area contributed by atoms with Gasteiger partial charge in [-0.2, -0.15) is 0 Å². The second kappa shape index (κ2) is 22.1. The molecule has 0 amide bonds. The summed E-state index contributed by atoms with van der Waals surface area (Å²) in [6, 6.07) is 0. The first-order valence-electron chi connectivity index (χ1n) is 22.3. The molecule has 0 aromatic heterocycles. The molecule has 4 fully saturated rings. The Balaban J connectivity index is 1.57. The summed E-state index contributed by atoms with van der Waals surface area (Å²) >= 11 is 0. The van der Waals surface area contributed by atoms with Gasteiger partial charge in [-0.15, -0.1) is 0 Å². The van der Waals surface area contributed by atoms with E-state index < -0.39 is 0 Å². The molecule has 0 bridgehead atoms. The lowest BCUT2D eigenvalue weighted by atomic mass is 9.43. The van der Waals surface area contributed by atoms with E-state index in [9.17, 15) is 19.2 Å². The summed E-state index contributed by atoms with van der Waals surface area (Å²) in [5, 5.41) is 0. The highest BCUT2D eigenvalue weighted by Crippen LogP contribution is 2.69. The van der Waals surface area contributed by atoms with Crippen LogP contribution in [0.4, 0.5) is 0 Å². The minimum Gasteiger partial charge on any atom is -0.466 e. The van der Waals surface area contributed by atoms with Gasteiger partial charge in [0.1, 0.15) is 18.3 Å². The average molecular weight is 776 g/mol. The molecule has 4 aliphatic rings. The van der Waals surface area contributed by atoms with Gasteiger partial charge in [0.15, 0.2) is 0 Å². The van der Waals surface area contributed by atoms with Crippen molar-refractivity contribution in [3.8, 4) is 0 Å². The topological polar surface area (TPSA) is 183 Å². The van der Waals surface area contributed by atoms with Crippen LogP contribution in [-0.4, -0.2) is 68.4 Å². The Hall–Kier alpha value is -2.24. The minimum atomic E-state index is -0.359. The molecule has 11 atom stereocenters. The van der Waals surface area contributed by atoms with Crippen molar-refractivity contribution in [2.24, 2.45) is 63.5 Å². The molecule has 0 aromatic carbocycles. The van der Waals surface area contributed by atoms with Crippen molar-refractivity contribution in [3.05, 3.63) is 0 Å². The Labute approximate surface area is 332 Å². The van der Waals surface area contributed by atoms with Crippen LogP contribution in [-0.2, 0) is 38.1 Å². The van der Waals surface area contributed by atoms with E-state index in [1.54, 1.807) is 0 Å². The van der Waals surface area contributed by atoms with Crippen LogP contribution in [0.2, 0.25) is 0 Å². The molecule has 4 aliphatic carbocycles. The molecule has 0 heterocycles. The van der Waals surface area contributed by atoms with E-state index in [0.29, 0.717) is 71.2 Å². The third-order valence-corrected chi connectivity index (χ3v) is 14.6. The highest BCUT2D eigenvalue weighted by atomic mass is 16.6. The van der Waals surface area contributed by atoms with Gasteiger partial charge < -0.3 is 36.1 Å². The maximum atomic E-state index is 13.5. The number of rotatable bonds is 23. The number of ether oxygens (including phenoxy) is 4. The third-order valence-electron chi connectivity index (χ3n) is 14.6. The van der Waals surface area contributed by atoms with E-state index in [4.69, 9.17) is 36.1 Å². The molecule has 0 aliphatic heterocycles. The molecule has 0 spiro atoms. The van der Waals surface area contributed by atoms with Crippen LogP contribution in [0.1, 0.15) is 163 Å². The number of hydrogen-bond donors (Lipinski definition) is 3. The summed E-state index contributed by atoms with van der Waals surface area (Å²) in [5.74, 6) is 0.288. The molecular formula is C44H77N3O8. The van der Waals surface area contributed by atoms with Crippen LogP contribution in [0.15, 0.2) is 0 Å². The van der Waals surface area contributed by atoms with E-state index in [0.717, 1.165) is 51.4 Å². The fraction of sp³-hybridized carbons (Fsp3) is 0.909. The summed E-state index contributed by atoms with van der Waals surface area (Å²) in [6.07, 6.45) is 15.6. The normalized spacial score (nSPS) is 33.1. The Morgan fingerprint density at radius 1 is 0.673 bits per heavy atom. The maximum Gasteiger partial charge on any atom is 0.306 e. The number of unbranched alkanes of at least 4 members (excludes halogenated alkanes) is 5. The molecule has 55 heavy (non-hydrogen) atoms. The quantitative estimate of drug-likeness (QED) is 0.0545. The zero-order valence-corrected chi connectivity index (χ0v) is 34.9. The Morgan fingerprint density at radius 3 is 1.95 bits per heavy atom. The van der Waals surface area contributed by atoms with Gasteiger partial charge >= 0.3 is 23.9 Å². The standard InChI is InChI=1S/C44H77N3O8/c1-5-6-7-8-9-10-26-52-38(48)20-17-30(2)33-18-19-34-42-35(29-37(44(33,34)4)55-41(51)16-13-25-47)43(3)22-21-32(53-39(49)14-11-23-45)27-31(43)28-36(42)54-40(50)15-12-24-46/h30-37,42H,5-29,45-47H2,1-4H3/t30-,31?,32?,33?,34+,35+,36-,37+,42?,43?,44?/m1/s1. The number of hydrogen-bond acceptors (Lipinski definition) is 11. The van der Waals surface area contributed by atoms with E-state index in [1.807, 2.05) is 0 Å². The maximum absolute atomic E-state index is 13.5. The van der Waals surface area contributed by atoms with Gasteiger partial charge in [0, 0.05) is 37.0 Å². The fourth-order valence-corrected chi connectivity index (χ4v) is 11.6. The first-order chi connectivity index (χ1) is 26.4. The first-order valence-corrected chi connectivity index (χ1v) is 22.3. The minimum absolute atomic E-state index is 0.0995. The van der Waals surface area contributed by atoms with Crippen molar-refractivity contribution < 1.29 is 38.1 Å². The van der Waals surface area contributed by atoms with Crippen molar-refractivity contribution in [2.45, 2.75) is 181 Å². The van der Waals surface area contributed by atoms with Crippen LogP contribution in [0.5, 0.6) is 0 Å². The summed E-state index contributed by atoms with van der Waals surface area (Å²) < 4.78 is 24.7. The Morgan fingerprint density at radius 2 is 1.29 bits per heavy atom. The SMILES string of the molecule is CCCCCCCCOC(=O)CC[C@@H](C)C1CC[C@H]2C3[C@H](OC(=O)CCCN)CC4CC(OC(=O)CCCN)CCC4(C)[C@H]3C[C@H](OC(=O)CCCN)C12C. The molecule has 6 N–H and O–H groups in total. The van der Waals surface area contributed by atoms with Gasteiger partial charge in [0.05, 0.1) is 6.61 Å². The summed E-state index contributed by atoms with van der Waals surface area (Å²) in [4.78, 5) is 52.4. The number of carbonyl (C=O) groups is 4. The van der Waals surface area contributed by atoms with Crippen LogP contribution < -0.4 is 17.2 Å². The molecule has 4 rings (SSSR count). The highest BCUT2D eigenvalue weighted by molar-refractivity contribution is 5.70. The lowest BCUT2D eigenvalue weighted by molar-refractivity contribution is -0.226. The molecule has 4 saturated carbocycles. The van der Waals surface area contributed by atoms with Crippen LogP contribution in [0, 0.1) is 46.3 Å². The third kappa shape index (κ3) is 11.7. The van der Waals surface area contributed by atoms with Gasteiger partial charge in [-0.1, -0.05) is 59.8 Å². The number of carbonyl (C=O) groups excluding carboxylic acids is 4. The smallest absolute Gasteiger partial charge is 0.306 e. The van der Waals surface area contributed by atoms with Crippen molar-refractivity contribution in [1.29, 1.82) is 0 Å². The van der Waals surface area contributed by atoms with E-state index in [1.165, 1.54) is 25.7 Å². The molecule has 0 radical (unpaired) electrons. The zero-order valence-electron chi connectivity index (χ0n) is 34.9. The molecule has 11 heteroatoms. The van der Waals surface area contributed by atoms with Crippen molar-refractivity contribution in [2.75, 3.05) is 26.2 Å². The van der Waals surface area contributed by atoms with Crippen LogP contribution >= 0.6 is 0 Å². The second-order valence-corrected chi connectivity index (χ2v) is 18.1. The van der Waals surface area contributed by atoms with E-state index >= 15 is 0 Å². The van der Waals surface area contributed by atoms with Crippen molar-refractivity contribution in [1.82, 2.24) is 0 Å². The van der Waals surface area contributed by atoms with Crippen LogP contribution in [0.3, 0.4) is 0 Å². The predicted molar refractivity (Wildman–Crippen MR) is 213 cm³/mol. The van der Waals surface area contributed by atoms with E-state index in [-0.39, 0.29) is 101 Å². The lowest BCUT2D eigenvalue weighted by Gasteiger charge is -2.64. The molecular weight excluding hydrogens is 698 g/mol. The monoisotopic (exact) mass is 776 g/mol. The number of esters is 4. The zero-order chi connectivity index (χ0) is 40.0. The van der Waals surface area contributed by atoms with Crippen LogP contribution in [0.25, 0.3) is 0 Å². The summed E-state index contributed by atoms with van der Waals surface area (Å²) in [7, 11) is 0. The largest absolute Gasteiger partial charge is 0.466 e. The number of fused-ring (bicyclic) bond motifs is 5. The number of nitrogens with two attached hydrogens (primary N) is 3. The highest BCUT2D eigenvalue weighted by Gasteiger charge is 2.67. The van der Waals surface area contributed by atoms with E-state index in [2.05, 4.69) is 27.7 Å². The Bertz CT molecular complexity index is 1230. The van der Waals surface area contributed by atoms with Gasteiger partial charge in [0.2, 0.25) is 0 Å². The predicted octanol–water partition coefficient (Wildman–Crippen LogP) is 7.14. The fourth-order valence-electron chi connectivity index (χ4n) is 11.6. The summed E-state index contributed by atoms with van der Waals surface area (Å²) in [5.41, 5.74) is 16.8. The first kappa shape index (κ1) is 45.5. The van der Waals surface area contributed by atoms with Gasteiger partial charge in [-0.05, 0) is 132 Å². The van der Waals surface area contributed by atoms with Crippen molar-refractivity contribution >= 4 is 23.9 Å². The van der Waals surface area contributed by atoms with Gasteiger partial charge in [-0.25, -0.2) is 0 Å². The molecule has 0 saturated heterocycles. The van der Waals surface area contributed by atoms with Crippen molar-refractivity contribution in [3.63, 3.8) is 0 Å². The second-order valence-electron chi connectivity index (χ2n) is 18.1. The summed E-state index contributed by atoms with van der Waals surface area (Å²) in [6.45, 7) is 10.9.